The summed E-state index contributed by atoms with van der Waals surface area (Å²) in [5.41, 5.74) is 2.33. The normalized spacial score (nSPS) is 15.8. The van der Waals surface area contributed by atoms with Gasteiger partial charge in [-0.25, -0.2) is 4.39 Å². The molecule has 4 rings (SSSR count). The summed E-state index contributed by atoms with van der Waals surface area (Å²) in [5, 5.41) is 13.4. The molecule has 7 nitrogen and oxygen atoms in total. The minimum Gasteiger partial charge on any atom is -0.330 e. The summed E-state index contributed by atoms with van der Waals surface area (Å²) in [6.07, 6.45) is 1.32. The molecular weight excluding hydrogens is 481 g/mol. The van der Waals surface area contributed by atoms with Crippen molar-refractivity contribution in [2.75, 3.05) is 13.1 Å². The molecule has 2 atom stereocenters. The van der Waals surface area contributed by atoms with Crippen LogP contribution in [-0.2, 0) is 11.2 Å². The minimum absolute atomic E-state index is 0.131. The van der Waals surface area contributed by atoms with Crippen molar-refractivity contribution in [1.29, 1.82) is 0 Å². The van der Waals surface area contributed by atoms with Gasteiger partial charge >= 0.3 is 0 Å². The Morgan fingerprint density at radius 3 is 2.61 bits per heavy atom. The Kier molecular flexibility index (Phi) is 7.49. The molecule has 36 heavy (non-hydrogen) atoms. The molecule has 0 fully saturated rings. The number of nitro groups is 1. The van der Waals surface area contributed by atoms with Crippen LogP contribution in [0.15, 0.2) is 53.9 Å². The van der Waals surface area contributed by atoms with Crippen LogP contribution in [0.25, 0.3) is 0 Å². The van der Waals surface area contributed by atoms with Crippen LogP contribution < -0.4 is 0 Å². The third-order valence-electron chi connectivity index (χ3n) is 6.81. The minimum atomic E-state index is -0.510. The molecule has 2 aromatic carbocycles. The number of aryl methyl sites for hydroxylation is 1. The van der Waals surface area contributed by atoms with Gasteiger partial charge in [0.15, 0.2) is 0 Å². The number of carbonyl (C=O) groups is 2. The first-order valence-corrected chi connectivity index (χ1v) is 12.8. The molecule has 2 heterocycles. The number of hydrogen-bond acceptors (Lipinski definition) is 5. The second kappa shape index (κ2) is 10.6. The van der Waals surface area contributed by atoms with Gasteiger partial charge in [-0.2, -0.15) is 0 Å². The zero-order valence-corrected chi connectivity index (χ0v) is 21.3. The summed E-state index contributed by atoms with van der Waals surface area (Å²) in [5.74, 6) is -0.998. The Labute approximate surface area is 213 Å². The Balaban J connectivity index is 1.65. The average molecular weight is 510 g/mol. The van der Waals surface area contributed by atoms with Gasteiger partial charge < -0.3 is 9.80 Å². The summed E-state index contributed by atoms with van der Waals surface area (Å²) in [7, 11) is 0. The number of amides is 2. The highest BCUT2D eigenvalue weighted by molar-refractivity contribution is 7.10. The van der Waals surface area contributed by atoms with E-state index < -0.39 is 10.8 Å². The van der Waals surface area contributed by atoms with Crippen molar-refractivity contribution < 1.29 is 18.9 Å². The Morgan fingerprint density at radius 2 is 1.94 bits per heavy atom. The number of nitro benzene ring substituents is 1. The van der Waals surface area contributed by atoms with Gasteiger partial charge in [-0.15, -0.1) is 11.3 Å². The van der Waals surface area contributed by atoms with Crippen molar-refractivity contribution >= 4 is 28.8 Å². The molecule has 0 spiro atoms. The largest absolute Gasteiger partial charge is 0.330 e. The first-order chi connectivity index (χ1) is 17.2. The number of fused-ring (bicyclic) bond motifs is 1. The number of rotatable bonds is 7. The van der Waals surface area contributed by atoms with Crippen LogP contribution in [-0.4, -0.2) is 45.7 Å². The lowest BCUT2D eigenvalue weighted by molar-refractivity contribution is -0.385. The van der Waals surface area contributed by atoms with Gasteiger partial charge in [0.2, 0.25) is 5.91 Å². The van der Waals surface area contributed by atoms with Gasteiger partial charge in [-0.3, -0.25) is 19.7 Å². The second-order valence-electron chi connectivity index (χ2n) is 9.04. The van der Waals surface area contributed by atoms with E-state index in [1.165, 1.54) is 28.0 Å². The molecule has 0 radical (unpaired) electrons. The predicted molar refractivity (Wildman–Crippen MR) is 137 cm³/mol. The topological polar surface area (TPSA) is 83.8 Å². The molecule has 2 unspecified atom stereocenters. The monoisotopic (exact) mass is 509 g/mol. The third-order valence-corrected chi connectivity index (χ3v) is 7.81. The fourth-order valence-electron chi connectivity index (χ4n) is 4.58. The number of benzene rings is 2. The summed E-state index contributed by atoms with van der Waals surface area (Å²) in [4.78, 5) is 42.5. The third kappa shape index (κ3) is 5.02. The van der Waals surface area contributed by atoms with Crippen LogP contribution in [0.3, 0.4) is 0 Å². The lowest BCUT2D eigenvalue weighted by Gasteiger charge is -2.38. The highest BCUT2D eigenvalue weighted by Crippen LogP contribution is 2.38. The predicted octanol–water partition coefficient (Wildman–Crippen LogP) is 5.52. The van der Waals surface area contributed by atoms with Gasteiger partial charge in [-0.05, 0) is 67.5 Å². The molecule has 0 N–H and O–H groups in total. The summed E-state index contributed by atoms with van der Waals surface area (Å²) in [6.45, 7) is 5.72. The van der Waals surface area contributed by atoms with Crippen molar-refractivity contribution in [3.05, 3.63) is 97.0 Å². The zero-order valence-electron chi connectivity index (χ0n) is 20.4. The second-order valence-corrected chi connectivity index (χ2v) is 10.0. The van der Waals surface area contributed by atoms with E-state index in [0.717, 1.165) is 11.1 Å². The first kappa shape index (κ1) is 25.5. The van der Waals surface area contributed by atoms with Crippen LogP contribution >= 0.6 is 11.3 Å². The van der Waals surface area contributed by atoms with Crippen molar-refractivity contribution in [3.63, 3.8) is 0 Å². The van der Waals surface area contributed by atoms with Crippen LogP contribution in [0.1, 0.15) is 58.2 Å². The lowest BCUT2D eigenvalue weighted by atomic mass is 9.93. The number of hydrogen-bond donors (Lipinski definition) is 0. The van der Waals surface area contributed by atoms with E-state index in [1.807, 2.05) is 25.3 Å². The van der Waals surface area contributed by atoms with Crippen molar-refractivity contribution in [2.45, 2.75) is 45.7 Å². The van der Waals surface area contributed by atoms with Crippen LogP contribution in [0.2, 0.25) is 0 Å². The maximum Gasteiger partial charge on any atom is 0.273 e. The van der Waals surface area contributed by atoms with Gasteiger partial charge in [0.1, 0.15) is 12.4 Å². The van der Waals surface area contributed by atoms with Gasteiger partial charge in [0.25, 0.3) is 11.6 Å². The van der Waals surface area contributed by atoms with Gasteiger partial charge in [0, 0.05) is 34.7 Å². The lowest BCUT2D eigenvalue weighted by Crippen LogP contribution is -2.49. The molecule has 3 aromatic rings. The van der Waals surface area contributed by atoms with E-state index >= 15 is 0 Å². The number of halogens is 1. The number of carbonyl (C=O) groups excluding carboxylic acids is 2. The van der Waals surface area contributed by atoms with E-state index in [4.69, 9.17) is 0 Å². The molecule has 0 aliphatic carbocycles. The Bertz CT molecular complexity index is 1290. The summed E-state index contributed by atoms with van der Waals surface area (Å²) in [6, 6.07) is 11.9. The highest BCUT2D eigenvalue weighted by Gasteiger charge is 2.35. The fraction of sp³-hybridized carbons (Fsp3) is 0.333. The molecule has 1 aliphatic rings. The smallest absolute Gasteiger partial charge is 0.273 e. The Morgan fingerprint density at radius 1 is 1.22 bits per heavy atom. The maximum atomic E-state index is 13.7. The van der Waals surface area contributed by atoms with E-state index in [1.54, 1.807) is 47.4 Å². The van der Waals surface area contributed by atoms with E-state index in [0.29, 0.717) is 24.9 Å². The van der Waals surface area contributed by atoms with Crippen LogP contribution in [0.4, 0.5) is 10.1 Å². The molecule has 1 aromatic heterocycles. The number of thiophene rings is 1. The van der Waals surface area contributed by atoms with E-state index in [-0.39, 0.29) is 41.6 Å². The van der Waals surface area contributed by atoms with Crippen LogP contribution in [0.5, 0.6) is 0 Å². The molecular formula is C27H28FN3O4S. The maximum absolute atomic E-state index is 13.7. The molecule has 0 bridgehead atoms. The SMILES string of the molecule is CCC(C)N(CC(=O)N1CCc2sccc2C1c1ccc(F)cc1)C(=O)c1ccc(C)c([N+](=O)[O-])c1. The summed E-state index contributed by atoms with van der Waals surface area (Å²) < 4.78 is 13.6. The Hall–Kier alpha value is -3.59. The highest BCUT2D eigenvalue weighted by atomic mass is 32.1. The molecule has 0 saturated heterocycles. The fourth-order valence-corrected chi connectivity index (χ4v) is 5.48. The van der Waals surface area contributed by atoms with Crippen molar-refractivity contribution in [1.82, 2.24) is 9.80 Å². The molecule has 1 aliphatic heterocycles. The molecule has 188 valence electrons. The van der Waals surface area contributed by atoms with E-state index in [9.17, 15) is 24.1 Å². The number of nitrogens with zero attached hydrogens (tertiary/aromatic N) is 3. The zero-order chi connectivity index (χ0) is 26.0. The van der Waals surface area contributed by atoms with Gasteiger partial charge in [0.05, 0.1) is 11.0 Å². The average Bonchev–Trinajstić information content (AvgIpc) is 3.35. The van der Waals surface area contributed by atoms with Crippen LogP contribution in [0, 0.1) is 22.9 Å². The van der Waals surface area contributed by atoms with Crippen molar-refractivity contribution in [3.8, 4) is 0 Å². The molecule has 0 saturated carbocycles. The molecule has 2 amide bonds. The quantitative estimate of drug-likeness (QED) is 0.310. The van der Waals surface area contributed by atoms with Gasteiger partial charge in [-0.1, -0.05) is 25.1 Å². The molecule has 9 heteroatoms. The summed E-state index contributed by atoms with van der Waals surface area (Å²) >= 11 is 1.64. The van der Waals surface area contributed by atoms with Crippen molar-refractivity contribution in [2.24, 2.45) is 0 Å². The first-order valence-electron chi connectivity index (χ1n) is 11.9. The van der Waals surface area contributed by atoms with E-state index in [2.05, 4.69) is 0 Å². The standard InChI is InChI=1S/C27H28FN3O4S/c1-4-18(3)30(27(33)20-6-5-17(2)23(15-20)31(34)35)16-25(32)29-13-11-24-22(12-14-36-24)26(29)19-7-9-21(28)10-8-19/h5-10,12,14-15,18,26H,4,11,13,16H2,1-3H3.